The van der Waals surface area contributed by atoms with Crippen molar-refractivity contribution in [3.8, 4) is 0 Å². The summed E-state index contributed by atoms with van der Waals surface area (Å²) >= 11 is 0. The molecule has 1 aliphatic heterocycles. The van der Waals surface area contributed by atoms with Crippen molar-refractivity contribution in [3.63, 3.8) is 0 Å². The smallest absolute Gasteiger partial charge is 0.0507 e. The first-order valence-electron chi connectivity index (χ1n) is 8.10. The molecule has 1 aliphatic rings. The number of rotatable bonds is 7. The number of hydrogen-bond acceptors (Lipinski definition) is 2. The van der Waals surface area contributed by atoms with Gasteiger partial charge < -0.3 is 10.1 Å². The highest BCUT2D eigenvalue weighted by Crippen LogP contribution is 2.23. The minimum absolute atomic E-state index is 0.450. The quantitative estimate of drug-likeness (QED) is 0.813. The van der Waals surface area contributed by atoms with E-state index in [4.69, 9.17) is 4.74 Å². The second kappa shape index (κ2) is 7.80. The number of hydrogen-bond donors (Lipinski definition) is 1. The zero-order valence-corrected chi connectivity index (χ0v) is 13.2. The van der Waals surface area contributed by atoms with Gasteiger partial charge in [0.25, 0.3) is 0 Å². The van der Waals surface area contributed by atoms with Gasteiger partial charge in [-0.15, -0.1) is 0 Å². The van der Waals surface area contributed by atoms with Crippen molar-refractivity contribution >= 4 is 0 Å². The van der Waals surface area contributed by atoms with Crippen molar-refractivity contribution in [1.29, 1.82) is 0 Å². The molecule has 0 aromatic heterocycles. The van der Waals surface area contributed by atoms with E-state index < -0.39 is 0 Å². The lowest BCUT2D eigenvalue weighted by Crippen LogP contribution is -2.30. The van der Waals surface area contributed by atoms with Crippen LogP contribution in [-0.2, 0) is 11.2 Å². The van der Waals surface area contributed by atoms with Crippen LogP contribution in [-0.4, -0.2) is 19.8 Å². The molecule has 20 heavy (non-hydrogen) atoms. The normalized spacial score (nSPS) is 20.5. The zero-order chi connectivity index (χ0) is 14.4. The minimum atomic E-state index is 0.450. The lowest BCUT2D eigenvalue weighted by atomic mass is 9.94. The van der Waals surface area contributed by atoms with E-state index in [-0.39, 0.29) is 0 Å². The van der Waals surface area contributed by atoms with Crippen molar-refractivity contribution in [2.24, 2.45) is 11.8 Å². The Morgan fingerprint density at radius 1 is 1.25 bits per heavy atom. The van der Waals surface area contributed by atoms with Crippen molar-refractivity contribution in [3.05, 3.63) is 35.4 Å². The van der Waals surface area contributed by atoms with Crippen LogP contribution in [0.2, 0.25) is 0 Å². The number of nitrogens with one attached hydrogen (secondary N) is 1. The standard InChI is InChI=1S/C18H29NO/c1-4-5-15-6-8-17(9-7-15)18(14(2)3)19-12-16-10-11-20-13-16/h6-9,14,16,18-19H,4-5,10-13H2,1-3H3. The fraction of sp³-hybridized carbons (Fsp3) is 0.667. The SMILES string of the molecule is CCCc1ccc(C(NCC2CCOC2)C(C)C)cc1. The van der Waals surface area contributed by atoms with Gasteiger partial charge in [0.15, 0.2) is 0 Å². The zero-order valence-electron chi connectivity index (χ0n) is 13.2. The van der Waals surface area contributed by atoms with E-state index in [9.17, 15) is 0 Å². The maximum absolute atomic E-state index is 5.46. The molecule has 2 unspecified atom stereocenters. The molecule has 2 atom stereocenters. The van der Waals surface area contributed by atoms with Gasteiger partial charge in [0.1, 0.15) is 0 Å². The van der Waals surface area contributed by atoms with Crippen LogP contribution in [0.5, 0.6) is 0 Å². The molecule has 0 aliphatic carbocycles. The predicted molar refractivity (Wildman–Crippen MR) is 84.9 cm³/mol. The van der Waals surface area contributed by atoms with E-state index >= 15 is 0 Å². The molecule has 0 bridgehead atoms. The summed E-state index contributed by atoms with van der Waals surface area (Å²) in [6.45, 7) is 9.75. The maximum Gasteiger partial charge on any atom is 0.0507 e. The van der Waals surface area contributed by atoms with Gasteiger partial charge in [-0.1, -0.05) is 51.5 Å². The van der Waals surface area contributed by atoms with E-state index in [2.05, 4.69) is 50.4 Å². The van der Waals surface area contributed by atoms with Gasteiger partial charge in [-0.2, -0.15) is 0 Å². The minimum Gasteiger partial charge on any atom is -0.381 e. The molecular weight excluding hydrogens is 246 g/mol. The Morgan fingerprint density at radius 2 is 2.00 bits per heavy atom. The molecule has 1 saturated heterocycles. The third-order valence-electron chi connectivity index (χ3n) is 4.19. The molecule has 2 nitrogen and oxygen atoms in total. The highest BCUT2D eigenvalue weighted by Gasteiger charge is 2.20. The van der Waals surface area contributed by atoms with Crippen molar-refractivity contribution < 1.29 is 4.74 Å². The van der Waals surface area contributed by atoms with Gasteiger partial charge in [-0.05, 0) is 35.8 Å². The second-order valence-electron chi connectivity index (χ2n) is 6.35. The topological polar surface area (TPSA) is 21.3 Å². The van der Waals surface area contributed by atoms with Gasteiger partial charge in [0, 0.05) is 19.2 Å². The van der Waals surface area contributed by atoms with Crippen LogP contribution in [0, 0.1) is 11.8 Å². The van der Waals surface area contributed by atoms with Gasteiger partial charge in [0.2, 0.25) is 0 Å². The molecule has 1 fully saturated rings. The highest BCUT2D eigenvalue weighted by molar-refractivity contribution is 5.25. The molecular formula is C18H29NO. The number of ether oxygens (including phenoxy) is 1. The molecule has 0 radical (unpaired) electrons. The molecule has 2 heteroatoms. The average molecular weight is 275 g/mol. The molecule has 0 spiro atoms. The summed E-state index contributed by atoms with van der Waals surface area (Å²) in [4.78, 5) is 0. The molecule has 1 aromatic carbocycles. The van der Waals surface area contributed by atoms with Gasteiger partial charge >= 0.3 is 0 Å². The summed E-state index contributed by atoms with van der Waals surface area (Å²) in [7, 11) is 0. The third kappa shape index (κ3) is 4.32. The Bertz CT molecular complexity index is 379. The molecule has 2 rings (SSSR count). The first-order chi connectivity index (χ1) is 9.70. The lowest BCUT2D eigenvalue weighted by molar-refractivity contribution is 0.184. The average Bonchev–Trinajstić information content (AvgIpc) is 2.94. The molecule has 112 valence electrons. The fourth-order valence-corrected chi connectivity index (χ4v) is 2.96. The van der Waals surface area contributed by atoms with Crippen LogP contribution in [0.3, 0.4) is 0 Å². The van der Waals surface area contributed by atoms with Crippen molar-refractivity contribution in [2.75, 3.05) is 19.8 Å². The maximum atomic E-state index is 5.46. The van der Waals surface area contributed by atoms with Crippen molar-refractivity contribution in [2.45, 2.75) is 46.1 Å². The van der Waals surface area contributed by atoms with E-state index in [1.807, 2.05) is 0 Å². The van der Waals surface area contributed by atoms with E-state index in [1.165, 1.54) is 30.4 Å². The van der Waals surface area contributed by atoms with E-state index in [0.29, 0.717) is 17.9 Å². The molecule has 1 heterocycles. The Morgan fingerprint density at radius 3 is 2.55 bits per heavy atom. The fourth-order valence-electron chi connectivity index (χ4n) is 2.96. The molecule has 0 amide bonds. The molecule has 0 saturated carbocycles. The Balaban J connectivity index is 1.95. The molecule has 1 aromatic rings. The summed E-state index contributed by atoms with van der Waals surface area (Å²) in [6.07, 6.45) is 3.60. The summed E-state index contributed by atoms with van der Waals surface area (Å²) in [5, 5.41) is 3.75. The summed E-state index contributed by atoms with van der Waals surface area (Å²) < 4.78 is 5.46. The van der Waals surface area contributed by atoms with Crippen LogP contribution < -0.4 is 5.32 Å². The summed E-state index contributed by atoms with van der Waals surface area (Å²) in [5.41, 5.74) is 2.86. The molecule has 1 N–H and O–H groups in total. The third-order valence-corrected chi connectivity index (χ3v) is 4.19. The number of benzene rings is 1. The first-order valence-corrected chi connectivity index (χ1v) is 8.10. The summed E-state index contributed by atoms with van der Waals surface area (Å²) in [5.74, 6) is 1.30. The second-order valence-corrected chi connectivity index (χ2v) is 6.35. The highest BCUT2D eigenvalue weighted by atomic mass is 16.5. The first kappa shape index (κ1) is 15.5. The van der Waals surface area contributed by atoms with Crippen LogP contribution in [0.15, 0.2) is 24.3 Å². The van der Waals surface area contributed by atoms with Gasteiger partial charge in [-0.25, -0.2) is 0 Å². The van der Waals surface area contributed by atoms with Gasteiger partial charge in [-0.3, -0.25) is 0 Å². The van der Waals surface area contributed by atoms with E-state index in [1.54, 1.807) is 0 Å². The Hall–Kier alpha value is -0.860. The van der Waals surface area contributed by atoms with Crippen LogP contribution in [0.25, 0.3) is 0 Å². The van der Waals surface area contributed by atoms with Gasteiger partial charge in [0.05, 0.1) is 6.61 Å². The Kier molecular flexibility index (Phi) is 6.06. The Labute approximate surface area is 123 Å². The van der Waals surface area contributed by atoms with Crippen LogP contribution in [0.4, 0.5) is 0 Å². The van der Waals surface area contributed by atoms with E-state index in [0.717, 1.165) is 19.8 Å². The monoisotopic (exact) mass is 275 g/mol. The lowest BCUT2D eigenvalue weighted by Gasteiger charge is -2.24. The van der Waals surface area contributed by atoms with Crippen molar-refractivity contribution in [1.82, 2.24) is 5.32 Å². The number of aryl methyl sites for hydroxylation is 1. The predicted octanol–water partition coefficient (Wildman–Crippen LogP) is 3.96. The summed E-state index contributed by atoms with van der Waals surface area (Å²) in [6, 6.07) is 9.62. The van der Waals surface area contributed by atoms with Crippen LogP contribution in [0.1, 0.15) is 50.8 Å². The van der Waals surface area contributed by atoms with Crippen LogP contribution >= 0.6 is 0 Å². The largest absolute Gasteiger partial charge is 0.381 e.